The molecule has 4 amide bonds. The smallest absolute Gasteiger partial charge is 0.347 e. The summed E-state index contributed by atoms with van der Waals surface area (Å²) >= 11 is 0. The minimum atomic E-state index is -5.44. The molecule has 6 N–H and O–H groups in total. The van der Waals surface area contributed by atoms with Crippen LogP contribution in [0.15, 0.2) is 91.9 Å². The fourth-order valence-electron chi connectivity index (χ4n) is 8.35. The Kier molecular flexibility index (Phi) is 14.6. The molecule has 4 fully saturated rings. The van der Waals surface area contributed by atoms with Crippen molar-refractivity contribution in [1.29, 1.82) is 0 Å². The Morgan fingerprint density at radius 3 is 1.66 bits per heavy atom. The highest BCUT2D eigenvalue weighted by molar-refractivity contribution is 7.61. The fourth-order valence-corrected chi connectivity index (χ4v) is 10.4. The second-order valence-corrected chi connectivity index (χ2v) is 19.3. The van der Waals surface area contributed by atoms with Gasteiger partial charge in [-0.2, -0.15) is 4.31 Å². The van der Waals surface area contributed by atoms with Crippen LogP contribution in [0.4, 0.5) is 21.1 Å². The van der Waals surface area contributed by atoms with Gasteiger partial charge in [-0.15, -0.1) is 0 Å². The van der Waals surface area contributed by atoms with Crippen molar-refractivity contribution in [2.75, 3.05) is 36.9 Å². The van der Waals surface area contributed by atoms with Crippen molar-refractivity contribution < 1.29 is 70.3 Å². The zero-order valence-electron chi connectivity index (χ0n) is 38.5. The maximum Gasteiger partial charge on any atom is 0.481 e. The number of ether oxygens (including phenoxy) is 6. The molecule has 0 saturated carbocycles. The molecule has 8 heterocycles. The van der Waals surface area contributed by atoms with Crippen molar-refractivity contribution in [2.45, 2.75) is 75.5 Å². The van der Waals surface area contributed by atoms with Crippen LogP contribution < -0.4 is 21.3 Å². The Labute approximate surface area is 414 Å². The molecule has 26 nitrogen and oxygen atoms in total. The van der Waals surface area contributed by atoms with Crippen LogP contribution in [0.25, 0.3) is 22.3 Å². The first kappa shape index (κ1) is 49.9. The highest BCUT2D eigenvalue weighted by atomic mass is 31.3. The molecule has 4 saturated heterocycles. The van der Waals surface area contributed by atoms with Gasteiger partial charge in [0.05, 0.1) is 31.6 Å². The van der Waals surface area contributed by atoms with Crippen molar-refractivity contribution in [1.82, 2.24) is 44.7 Å². The van der Waals surface area contributed by atoms with Crippen LogP contribution in [0.2, 0.25) is 0 Å². The molecule has 12 atom stereocenters. The Bertz CT molecular complexity index is 3010. The van der Waals surface area contributed by atoms with E-state index in [1.807, 2.05) is 36.4 Å². The molecule has 28 heteroatoms. The summed E-state index contributed by atoms with van der Waals surface area (Å²) < 4.78 is 82.6. The van der Waals surface area contributed by atoms with Crippen LogP contribution in [0.5, 0.6) is 0 Å². The summed E-state index contributed by atoms with van der Waals surface area (Å²) in [5.74, 6) is 11.9. The number of nitrogens with zero attached hydrogens (tertiary/aromatic N) is 7. The summed E-state index contributed by atoms with van der Waals surface area (Å²) in [7, 11) is -10.9. The summed E-state index contributed by atoms with van der Waals surface area (Å²) in [6.07, 6.45) is -4.96. The zero-order chi connectivity index (χ0) is 50.7. The number of hydrogen-bond donors (Lipinski definition) is 6. The number of amides is 4. The Hall–Kier alpha value is -6.71. The van der Waals surface area contributed by atoms with Crippen molar-refractivity contribution in [2.24, 2.45) is 0 Å². The molecule has 380 valence electrons. The number of imidazole rings is 2. The predicted molar refractivity (Wildman–Crippen MR) is 252 cm³/mol. The van der Waals surface area contributed by atoms with Gasteiger partial charge in [0.1, 0.15) is 48.5 Å². The van der Waals surface area contributed by atoms with Crippen molar-refractivity contribution in [3.05, 3.63) is 103 Å². The van der Waals surface area contributed by atoms with Crippen molar-refractivity contribution in [3.8, 4) is 23.7 Å². The molecular formula is C45H45N11O15P2. The molecule has 0 bridgehead atoms. The average Bonchev–Trinajstić information content (AvgIpc) is 4.24. The molecule has 2 aromatic carbocycles. The van der Waals surface area contributed by atoms with Gasteiger partial charge >= 0.3 is 27.7 Å². The van der Waals surface area contributed by atoms with E-state index in [0.717, 1.165) is 0 Å². The number of hydrogen-bond acceptors (Lipinski definition) is 18. The summed E-state index contributed by atoms with van der Waals surface area (Å²) in [4.78, 5) is 68.3. The van der Waals surface area contributed by atoms with Crippen LogP contribution in [0, 0.1) is 23.7 Å². The molecule has 4 aliphatic rings. The summed E-state index contributed by atoms with van der Waals surface area (Å²) in [6, 6.07) is 18.8. The van der Waals surface area contributed by atoms with Crippen molar-refractivity contribution >= 4 is 61.5 Å². The van der Waals surface area contributed by atoms with E-state index in [1.165, 1.54) is 29.7 Å². The van der Waals surface area contributed by atoms with Crippen LogP contribution in [-0.4, -0.2) is 131 Å². The Morgan fingerprint density at radius 1 is 0.630 bits per heavy atom. The third-order valence-electron chi connectivity index (χ3n) is 11.4. The van der Waals surface area contributed by atoms with Gasteiger partial charge in [-0.3, -0.25) is 23.5 Å². The number of nitrogens with one attached hydrogen (secondary N) is 4. The van der Waals surface area contributed by atoms with Gasteiger partial charge in [-0.05, 0) is 56.0 Å². The third-order valence-corrected chi connectivity index (χ3v) is 14.0. The first-order valence-corrected chi connectivity index (χ1v) is 25.6. The lowest BCUT2D eigenvalue weighted by molar-refractivity contribution is -0.130. The third kappa shape index (κ3) is 11.1. The Balaban J connectivity index is 0.835. The van der Waals surface area contributed by atoms with E-state index in [9.17, 15) is 28.5 Å². The van der Waals surface area contributed by atoms with Crippen LogP contribution in [-0.2, 0) is 50.9 Å². The fraction of sp³-hybridized carbons (Fsp3) is 0.356. The summed E-state index contributed by atoms with van der Waals surface area (Å²) in [6.45, 7) is 2.81. The predicted octanol–water partition coefficient (Wildman–Crippen LogP) is 3.92. The minimum Gasteiger partial charge on any atom is -0.347 e. The summed E-state index contributed by atoms with van der Waals surface area (Å²) in [5.41, 5.74) is 2.79. The standard InChI is InChI=1S/C45H45N11O15P2/c1-3-46-44(57)53-28-19-20-48-40-33(28)51-24-55(40)42-37-35(67-31(69-37)17-15-26-11-7-5-8-12-26)29(65-42)21-63-72(59,60)71-73(61,62)64-22-30-36-38(70-32(68-36)18-16-27-13-9-6-10-14-27)43(66-30)56-25-52-34-39(49-23-50-41(34)56)54-45(58)47-4-2/h5-14,19-20,23-25,29-32,35-38,42-43H,3-4,21-22H2,1-2H3,(H,59,60)(H,61,62)(H2,46,48,53,57)(H2,47,49,50,54,58)/t29-,30-,31?,32?,35?,36?,37+,38?,42-,43-/m1/s1. The molecule has 0 spiro atoms. The normalized spacial score (nSPS) is 26.6. The largest absolute Gasteiger partial charge is 0.481 e. The number of carbonyl (C=O) groups is 2. The molecule has 73 heavy (non-hydrogen) atoms. The number of carbonyl (C=O) groups excluding carboxylic acids is 2. The quantitative estimate of drug-likeness (QED) is 0.0665. The molecule has 7 unspecified atom stereocenters. The van der Waals surface area contributed by atoms with Gasteiger partial charge < -0.3 is 54.2 Å². The second-order valence-electron chi connectivity index (χ2n) is 16.3. The molecule has 0 aliphatic carbocycles. The number of benzene rings is 2. The van der Waals surface area contributed by atoms with Gasteiger partial charge in [0, 0.05) is 30.4 Å². The van der Waals surface area contributed by atoms with Crippen LogP contribution in [0.1, 0.15) is 37.4 Å². The van der Waals surface area contributed by atoms with Gasteiger partial charge in [0.25, 0.3) is 0 Å². The van der Waals surface area contributed by atoms with Gasteiger partial charge in [-0.25, -0.2) is 43.6 Å². The highest BCUT2D eigenvalue weighted by Crippen LogP contribution is 2.61. The summed E-state index contributed by atoms with van der Waals surface area (Å²) in [5, 5.41) is 10.6. The van der Waals surface area contributed by atoms with E-state index in [0.29, 0.717) is 35.4 Å². The molecule has 4 aromatic heterocycles. The van der Waals surface area contributed by atoms with Crippen LogP contribution >= 0.6 is 15.6 Å². The molecule has 6 aromatic rings. The number of rotatable bonds is 14. The number of pyridine rings is 1. The maximum atomic E-state index is 13.5. The van der Waals surface area contributed by atoms with E-state index >= 15 is 0 Å². The van der Waals surface area contributed by atoms with Crippen molar-refractivity contribution in [3.63, 3.8) is 0 Å². The molecule has 10 rings (SSSR count). The lowest BCUT2D eigenvalue weighted by Crippen LogP contribution is -2.32. The minimum absolute atomic E-state index is 0.111. The zero-order valence-corrected chi connectivity index (χ0v) is 40.3. The number of phosphoric ester groups is 2. The first-order chi connectivity index (χ1) is 35.3. The molecule has 4 aliphatic heterocycles. The van der Waals surface area contributed by atoms with Crippen LogP contribution in [0.3, 0.4) is 0 Å². The monoisotopic (exact) mass is 1040 g/mol. The highest BCUT2D eigenvalue weighted by Gasteiger charge is 2.56. The molecule has 0 radical (unpaired) electrons. The SMILES string of the molecule is CCNC(=O)Nc1ncnc2c1ncn2[C@@H]1O[C@H](COP(=O)(O)OP(=O)(O)OC[C@H]2O[C@@H](n3cnc4c(NC(=O)NCC)ccnc43)[C@H]3OC(C#Cc4ccccc4)OC23)C2OC(C#Cc3ccccc3)OC21. The number of aromatic nitrogens is 7. The number of urea groups is 2. The number of fused-ring (bicyclic) bond motifs is 4. The van der Waals surface area contributed by atoms with E-state index < -0.39 is 103 Å². The van der Waals surface area contributed by atoms with Gasteiger partial charge in [0.2, 0.25) is 12.6 Å². The average molecular weight is 1040 g/mol. The van der Waals surface area contributed by atoms with E-state index in [4.69, 9.17) is 41.8 Å². The van der Waals surface area contributed by atoms with E-state index in [2.05, 4.69) is 69.9 Å². The first-order valence-electron chi connectivity index (χ1n) is 22.7. The Morgan fingerprint density at radius 2 is 1.12 bits per heavy atom. The lowest BCUT2D eigenvalue weighted by atomic mass is 10.1. The second kappa shape index (κ2) is 21.4. The molecular weight excluding hydrogens is 997 g/mol. The van der Waals surface area contributed by atoms with E-state index in [-0.39, 0.29) is 22.6 Å². The number of phosphoric acid groups is 2. The maximum absolute atomic E-state index is 13.5. The van der Waals surface area contributed by atoms with Gasteiger partial charge in [0.15, 0.2) is 35.1 Å². The topological polar surface area (TPSA) is 314 Å². The lowest BCUT2D eigenvalue weighted by Gasteiger charge is -2.22. The van der Waals surface area contributed by atoms with E-state index in [1.54, 1.807) is 48.7 Å². The number of anilines is 2. The van der Waals surface area contributed by atoms with Gasteiger partial charge in [-0.1, -0.05) is 48.2 Å².